The highest BCUT2D eigenvalue weighted by molar-refractivity contribution is 4.85. The number of hydrogen-bond acceptors (Lipinski definition) is 3. The van der Waals surface area contributed by atoms with Crippen molar-refractivity contribution in [2.45, 2.75) is 25.0 Å². The molecule has 2 aliphatic rings. The number of methoxy groups -OCH3 is 1. The number of ether oxygens (including phenoxy) is 1. The van der Waals surface area contributed by atoms with Crippen LogP contribution in [-0.4, -0.2) is 50.3 Å². The largest absolute Gasteiger partial charge is 0.379 e. The smallest absolute Gasteiger partial charge is 0.0824 e. The summed E-state index contributed by atoms with van der Waals surface area (Å²) in [5, 5.41) is 3.51. The molecule has 70 valence electrons. The van der Waals surface area contributed by atoms with E-state index in [0.717, 1.165) is 19.1 Å². The van der Waals surface area contributed by atoms with Crippen LogP contribution in [0.2, 0.25) is 0 Å². The molecule has 0 saturated carbocycles. The zero-order chi connectivity index (χ0) is 8.39. The maximum absolute atomic E-state index is 5.22. The van der Waals surface area contributed by atoms with Crippen molar-refractivity contribution >= 4 is 0 Å². The number of nitrogens with one attached hydrogen (secondary N) is 1. The van der Waals surface area contributed by atoms with Crippen LogP contribution >= 0.6 is 0 Å². The van der Waals surface area contributed by atoms with Crippen LogP contribution in [0.4, 0.5) is 0 Å². The third-order valence-electron chi connectivity index (χ3n) is 2.90. The average Bonchev–Trinajstić information content (AvgIpc) is 2.47. The summed E-state index contributed by atoms with van der Waals surface area (Å²) < 4.78 is 5.22. The van der Waals surface area contributed by atoms with Gasteiger partial charge in [0.2, 0.25) is 0 Å². The molecule has 1 atom stereocenters. The highest BCUT2D eigenvalue weighted by Crippen LogP contribution is 2.14. The van der Waals surface area contributed by atoms with Crippen LogP contribution in [-0.2, 0) is 4.74 Å². The summed E-state index contributed by atoms with van der Waals surface area (Å²) >= 11 is 0. The zero-order valence-electron chi connectivity index (χ0n) is 7.75. The molecule has 0 aromatic rings. The summed E-state index contributed by atoms with van der Waals surface area (Å²) in [7, 11) is 1.80. The molecule has 2 aliphatic heterocycles. The third-order valence-corrected chi connectivity index (χ3v) is 2.90. The molecule has 1 N–H and O–H groups in total. The molecule has 0 aromatic heterocycles. The normalized spacial score (nSPS) is 32.2. The van der Waals surface area contributed by atoms with Gasteiger partial charge in [-0.3, -0.25) is 4.90 Å². The second kappa shape index (κ2) is 3.73. The van der Waals surface area contributed by atoms with Crippen molar-refractivity contribution in [3.63, 3.8) is 0 Å². The summed E-state index contributed by atoms with van der Waals surface area (Å²) in [5.74, 6) is 0. The van der Waals surface area contributed by atoms with Gasteiger partial charge in [0.1, 0.15) is 0 Å². The van der Waals surface area contributed by atoms with E-state index in [1.54, 1.807) is 7.11 Å². The van der Waals surface area contributed by atoms with Crippen molar-refractivity contribution < 1.29 is 4.74 Å². The van der Waals surface area contributed by atoms with Crippen molar-refractivity contribution in [2.24, 2.45) is 0 Å². The Morgan fingerprint density at radius 3 is 2.92 bits per heavy atom. The number of nitrogens with zero attached hydrogens (tertiary/aromatic N) is 1. The van der Waals surface area contributed by atoms with Crippen molar-refractivity contribution in [3.8, 4) is 0 Å². The van der Waals surface area contributed by atoms with Crippen molar-refractivity contribution in [1.29, 1.82) is 0 Å². The predicted octanol–water partition coefficient (Wildman–Crippen LogP) is 0.0690. The number of rotatable bonds is 3. The average molecular weight is 170 g/mol. The lowest BCUT2D eigenvalue weighted by Gasteiger charge is -2.39. The van der Waals surface area contributed by atoms with Gasteiger partial charge in [0.25, 0.3) is 0 Å². The quantitative estimate of drug-likeness (QED) is 0.648. The van der Waals surface area contributed by atoms with Gasteiger partial charge in [-0.05, 0) is 19.4 Å². The lowest BCUT2D eigenvalue weighted by atomic mass is 10.1. The van der Waals surface area contributed by atoms with Gasteiger partial charge >= 0.3 is 0 Å². The molecular formula is C9H18N2O. The van der Waals surface area contributed by atoms with E-state index in [9.17, 15) is 0 Å². The minimum absolute atomic E-state index is 0.506. The fourth-order valence-electron chi connectivity index (χ4n) is 2.04. The molecule has 2 heterocycles. The molecule has 0 amide bonds. The summed E-state index contributed by atoms with van der Waals surface area (Å²) in [6, 6.07) is 0.753. The van der Waals surface area contributed by atoms with Crippen molar-refractivity contribution in [2.75, 3.05) is 33.3 Å². The van der Waals surface area contributed by atoms with E-state index in [0.29, 0.717) is 6.10 Å². The van der Waals surface area contributed by atoms with Gasteiger partial charge in [0, 0.05) is 32.8 Å². The Bertz CT molecular complexity index is 139. The molecule has 0 radical (unpaired) electrons. The topological polar surface area (TPSA) is 24.5 Å². The second-order valence-electron chi connectivity index (χ2n) is 3.87. The number of likely N-dealkylation sites (tertiary alicyclic amines) is 1. The highest BCUT2D eigenvalue weighted by atomic mass is 16.5. The van der Waals surface area contributed by atoms with Crippen molar-refractivity contribution in [3.05, 3.63) is 0 Å². The van der Waals surface area contributed by atoms with Crippen LogP contribution < -0.4 is 5.32 Å². The zero-order valence-corrected chi connectivity index (χ0v) is 7.75. The van der Waals surface area contributed by atoms with Gasteiger partial charge in [-0.25, -0.2) is 0 Å². The van der Waals surface area contributed by atoms with E-state index >= 15 is 0 Å². The Hall–Kier alpha value is -0.120. The Kier molecular flexibility index (Phi) is 2.63. The molecule has 0 aliphatic carbocycles. The highest BCUT2D eigenvalue weighted by Gasteiger charge is 2.28. The first-order valence-electron chi connectivity index (χ1n) is 4.87. The van der Waals surface area contributed by atoms with Gasteiger partial charge < -0.3 is 10.1 Å². The van der Waals surface area contributed by atoms with Crippen molar-refractivity contribution in [1.82, 2.24) is 10.2 Å². The molecule has 12 heavy (non-hydrogen) atoms. The minimum atomic E-state index is 0.506. The fourth-order valence-corrected chi connectivity index (χ4v) is 2.04. The number of hydrogen-bond donors (Lipinski definition) is 1. The van der Waals surface area contributed by atoms with Gasteiger partial charge in [0.05, 0.1) is 6.10 Å². The molecule has 3 heteroatoms. The Morgan fingerprint density at radius 1 is 1.50 bits per heavy atom. The molecule has 2 saturated heterocycles. The lowest BCUT2D eigenvalue weighted by molar-refractivity contribution is -0.0321. The molecule has 2 fully saturated rings. The van der Waals surface area contributed by atoms with E-state index in [1.165, 1.54) is 25.9 Å². The SMILES string of the molecule is COC1CN(C[C@@H]2CCCN2)C1. The van der Waals surface area contributed by atoms with Gasteiger partial charge in [-0.1, -0.05) is 0 Å². The van der Waals surface area contributed by atoms with Crippen LogP contribution in [0, 0.1) is 0 Å². The first kappa shape index (κ1) is 8.48. The summed E-state index contributed by atoms with van der Waals surface area (Å²) in [5.41, 5.74) is 0. The maximum atomic E-state index is 5.22. The van der Waals surface area contributed by atoms with E-state index in [1.807, 2.05) is 0 Å². The molecule has 0 aromatic carbocycles. The maximum Gasteiger partial charge on any atom is 0.0824 e. The minimum Gasteiger partial charge on any atom is -0.379 e. The second-order valence-corrected chi connectivity index (χ2v) is 3.87. The molecule has 0 spiro atoms. The Morgan fingerprint density at radius 2 is 2.33 bits per heavy atom. The van der Waals surface area contributed by atoms with Crippen LogP contribution in [0.5, 0.6) is 0 Å². The monoisotopic (exact) mass is 170 g/mol. The Balaban J connectivity index is 1.62. The standard InChI is InChI=1S/C9H18N2O/c1-12-9-6-11(7-9)5-8-3-2-4-10-8/h8-10H,2-7H2,1H3/t8-/m0/s1. The molecule has 0 unspecified atom stereocenters. The predicted molar refractivity (Wildman–Crippen MR) is 48.3 cm³/mol. The lowest BCUT2D eigenvalue weighted by Crippen LogP contribution is -2.55. The molecule has 3 nitrogen and oxygen atoms in total. The third kappa shape index (κ3) is 1.79. The summed E-state index contributed by atoms with van der Waals surface area (Å²) in [6.07, 6.45) is 3.21. The molecular weight excluding hydrogens is 152 g/mol. The van der Waals surface area contributed by atoms with E-state index in [2.05, 4.69) is 10.2 Å². The van der Waals surface area contributed by atoms with Crippen LogP contribution in [0.1, 0.15) is 12.8 Å². The summed E-state index contributed by atoms with van der Waals surface area (Å²) in [4.78, 5) is 2.47. The first-order valence-corrected chi connectivity index (χ1v) is 4.87. The Labute approximate surface area is 74.1 Å². The van der Waals surface area contributed by atoms with Gasteiger partial charge in [-0.2, -0.15) is 0 Å². The van der Waals surface area contributed by atoms with Crippen LogP contribution in [0.3, 0.4) is 0 Å². The molecule has 0 bridgehead atoms. The van der Waals surface area contributed by atoms with E-state index < -0.39 is 0 Å². The van der Waals surface area contributed by atoms with E-state index in [4.69, 9.17) is 4.74 Å². The molecule has 2 rings (SSSR count). The fraction of sp³-hybridized carbons (Fsp3) is 1.00. The van der Waals surface area contributed by atoms with Gasteiger partial charge in [-0.15, -0.1) is 0 Å². The van der Waals surface area contributed by atoms with Gasteiger partial charge in [0.15, 0.2) is 0 Å². The van der Waals surface area contributed by atoms with Crippen LogP contribution in [0.15, 0.2) is 0 Å². The van der Waals surface area contributed by atoms with E-state index in [-0.39, 0.29) is 0 Å². The first-order chi connectivity index (χ1) is 5.88. The van der Waals surface area contributed by atoms with Crippen LogP contribution in [0.25, 0.3) is 0 Å². The summed E-state index contributed by atoms with van der Waals surface area (Å²) in [6.45, 7) is 4.70.